The summed E-state index contributed by atoms with van der Waals surface area (Å²) >= 11 is 0. The Morgan fingerprint density at radius 1 is 1.38 bits per heavy atom. The molecule has 1 rings (SSSR count). The summed E-state index contributed by atoms with van der Waals surface area (Å²) in [6.07, 6.45) is -4.80. The summed E-state index contributed by atoms with van der Waals surface area (Å²) in [5.74, 6) is -2.40. The third-order valence-corrected chi connectivity index (χ3v) is 1.89. The van der Waals surface area contributed by atoms with Crippen LogP contribution in [0.5, 0.6) is 0 Å². The van der Waals surface area contributed by atoms with E-state index in [9.17, 15) is 22.4 Å². The van der Waals surface area contributed by atoms with Gasteiger partial charge >= 0.3 is 6.18 Å². The van der Waals surface area contributed by atoms with Crippen LogP contribution in [0, 0.1) is 5.82 Å². The summed E-state index contributed by atoms with van der Waals surface area (Å²) in [6, 6.07) is 2.60. The van der Waals surface area contributed by atoms with Crippen LogP contribution in [0.3, 0.4) is 0 Å². The molecule has 1 amide bonds. The maximum atomic E-state index is 13.4. The maximum absolute atomic E-state index is 13.4. The predicted molar refractivity (Wildman–Crippen MR) is 49.4 cm³/mol. The van der Waals surface area contributed by atoms with Gasteiger partial charge in [0.25, 0.3) is 5.91 Å². The molecule has 0 atom stereocenters. The first-order valence-electron chi connectivity index (χ1n) is 4.51. The minimum Gasteiger partial charge on any atom is -0.352 e. The van der Waals surface area contributed by atoms with E-state index in [1.54, 1.807) is 6.92 Å². The normalized spacial score (nSPS) is 11.3. The molecular weight excluding hydrogens is 226 g/mol. The van der Waals surface area contributed by atoms with Gasteiger partial charge < -0.3 is 5.32 Å². The lowest BCUT2D eigenvalue weighted by atomic mass is 10.1. The van der Waals surface area contributed by atoms with Crippen LogP contribution in [0.2, 0.25) is 0 Å². The minimum atomic E-state index is -4.80. The second-order valence-corrected chi connectivity index (χ2v) is 3.02. The van der Waals surface area contributed by atoms with Crippen molar-refractivity contribution in [2.45, 2.75) is 13.1 Å². The summed E-state index contributed by atoms with van der Waals surface area (Å²) in [5, 5.41) is 2.24. The van der Waals surface area contributed by atoms with Crippen molar-refractivity contribution < 1.29 is 22.4 Å². The second-order valence-electron chi connectivity index (χ2n) is 3.02. The molecule has 0 saturated carbocycles. The van der Waals surface area contributed by atoms with E-state index in [-0.39, 0.29) is 6.54 Å². The number of amides is 1. The van der Waals surface area contributed by atoms with Crippen molar-refractivity contribution in [2.75, 3.05) is 6.54 Å². The van der Waals surface area contributed by atoms with E-state index >= 15 is 0 Å². The van der Waals surface area contributed by atoms with Gasteiger partial charge in [0.15, 0.2) is 0 Å². The van der Waals surface area contributed by atoms with E-state index in [0.29, 0.717) is 6.07 Å². The van der Waals surface area contributed by atoms with E-state index in [1.165, 1.54) is 0 Å². The molecule has 0 radical (unpaired) electrons. The summed E-state index contributed by atoms with van der Waals surface area (Å²) in [5.41, 5.74) is -2.03. The van der Waals surface area contributed by atoms with Gasteiger partial charge in [-0.3, -0.25) is 4.79 Å². The summed E-state index contributed by atoms with van der Waals surface area (Å²) in [6.45, 7) is 1.80. The van der Waals surface area contributed by atoms with Gasteiger partial charge in [0.1, 0.15) is 5.82 Å². The van der Waals surface area contributed by atoms with Gasteiger partial charge in [-0.1, -0.05) is 6.07 Å². The first kappa shape index (κ1) is 12.5. The third kappa shape index (κ3) is 2.50. The molecule has 16 heavy (non-hydrogen) atoms. The van der Waals surface area contributed by atoms with Crippen LogP contribution in [-0.2, 0) is 6.18 Å². The molecule has 2 nitrogen and oxygen atoms in total. The fraction of sp³-hybridized carbons (Fsp3) is 0.300. The number of halogens is 4. The molecule has 0 spiro atoms. The van der Waals surface area contributed by atoms with Crippen molar-refractivity contribution in [1.29, 1.82) is 0 Å². The molecule has 1 aromatic rings. The summed E-state index contributed by atoms with van der Waals surface area (Å²) < 4.78 is 50.3. The summed E-state index contributed by atoms with van der Waals surface area (Å²) in [4.78, 5) is 11.2. The predicted octanol–water partition coefficient (Wildman–Crippen LogP) is 2.59. The second kappa shape index (κ2) is 4.51. The van der Waals surface area contributed by atoms with E-state index < -0.39 is 29.0 Å². The molecule has 0 bridgehead atoms. The van der Waals surface area contributed by atoms with Crippen LogP contribution in [-0.4, -0.2) is 12.5 Å². The van der Waals surface area contributed by atoms with E-state index in [2.05, 4.69) is 5.32 Å². The Morgan fingerprint density at radius 3 is 2.50 bits per heavy atom. The molecule has 0 saturated heterocycles. The molecule has 0 aliphatic heterocycles. The van der Waals surface area contributed by atoms with Crippen LogP contribution in [0.25, 0.3) is 0 Å². The van der Waals surface area contributed by atoms with Gasteiger partial charge in [0.2, 0.25) is 0 Å². The zero-order valence-corrected chi connectivity index (χ0v) is 8.36. The van der Waals surface area contributed by atoms with Crippen LogP contribution in [0.4, 0.5) is 17.6 Å². The number of hydrogen-bond acceptors (Lipinski definition) is 1. The van der Waals surface area contributed by atoms with Crippen molar-refractivity contribution in [3.63, 3.8) is 0 Å². The fourth-order valence-corrected chi connectivity index (χ4v) is 1.18. The Kier molecular flexibility index (Phi) is 3.51. The highest BCUT2D eigenvalue weighted by Gasteiger charge is 2.35. The monoisotopic (exact) mass is 235 g/mol. The minimum absolute atomic E-state index is 0.217. The van der Waals surface area contributed by atoms with Crippen molar-refractivity contribution in [1.82, 2.24) is 5.32 Å². The Hall–Kier alpha value is -1.59. The van der Waals surface area contributed by atoms with Crippen molar-refractivity contribution in [2.24, 2.45) is 0 Å². The molecule has 0 heterocycles. The smallest absolute Gasteiger partial charge is 0.352 e. The number of nitrogens with one attached hydrogen (secondary N) is 1. The largest absolute Gasteiger partial charge is 0.419 e. The highest BCUT2D eigenvalue weighted by atomic mass is 19.4. The Morgan fingerprint density at radius 2 is 2.00 bits per heavy atom. The zero-order chi connectivity index (χ0) is 12.3. The Bertz CT molecular complexity index is 400. The molecule has 0 aliphatic carbocycles. The fourth-order valence-electron chi connectivity index (χ4n) is 1.18. The molecule has 1 N–H and O–H groups in total. The SMILES string of the molecule is CCNC(=O)c1cccc(C(F)(F)F)c1F. The molecule has 0 unspecified atom stereocenters. The highest BCUT2D eigenvalue weighted by molar-refractivity contribution is 5.94. The topological polar surface area (TPSA) is 29.1 Å². The summed E-state index contributed by atoms with van der Waals surface area (Å²) in [7, 11) is 0. The molecule has 0 fully saturated rings. The lowest BCUT2D eigenvalue weighted by Gasteiger charge is -2.10. The number of rotatable bonds is 2. The van der Waals surface area contributed by atoms with Gasteiger partial charge in [-0.05, 0) is 19.1 Å². The maximum Gasteiger partial charge on any atom is 0.419 e. The lowest BCUT2D eigenvalue weighted by molar-refractivity contribution is -0.140. The molecule has 6 heteroatoms. The number of alkyl halides is 3. The zero-order valence-electron chi connectivity index (χ0n) is 8.36. The average Bonchev–Trinajstić information content (AvgIpc) is 2.16. The van der Waals surface area contributed by atoms with Gasteiger partial charge in [-0.15, -0.1) is 0 Å². The van der Waals surface area contributed by atoms with Crippen molar-refractivity contribution in [3.8, 4) is 0 Å². The molecular formula is C10H9F4NO. The standard InChI is InChI=1S/C10H9F4NO/c1-2-15-9(16)6-4-3-5-7(8(6)11)10(12,13)14/h3-5H,2H2,1H3,(H,15,16). The molecule has 88 valence electrons. The molecule has 0 aliphatic rings. The van der Waals surface area contributed by atoms with Crippen molar-refractivity contribution in [3.05, 3.63) is 35.1 Å². The first-order chi connectivity index (χ1) is 7.38. The van der Waals surface area contributed by atoms with Gasteiger partial charge in [-0.2, -0.15) is 13.2 Å². The van der Waals surface area contributed by atoms with E-state index in [0.717, 1.165) is 12.1 Å². The van der Waals surface area contributed by atoms with Crippen LogP contribution >= 0.6 is 0 Å². The van der Waals surface area contributed by atoms with Crippen molar-refractivity contribution >= 4 is 5.91 Å². The first-order valence-corrected chi connectivity index (χ1v) is 4.51. The van der Waals surface area contributed by atoms with E-state index in [1.807, 2.05) is 0 Å². The Balaban J connectivity index is 3.19. The molecule has 0 aromatic heterocycles. The van der Waals surface area contributed by atoms with Crippen LogP contribution in [0.15, 0.2) is 18.2 Å². The number of hydrogen-bond donors (Lipinski definition) is 1. The van der Waals surface area contributed by atoms with E-state index in [4.69, 9.17) is 0 Å². The number of benzene rings is 1. The third-order valence-electron chi connectivity index (χ3n) is 1.89. The Labute approximate surface area is 89.3 Å². The number of carbonyl (C=O) groups excluding carboxylic acids is 1. The van der Waals surface area contributed by atoms with Gasteiger partial charge in [0.05, 0.1) is 11.1 Å². The van der Waals surface area contributed by atoms with Crippen LogP contribution < -0.4 is 5.32 Å². The van der Waals surface area contributed by atoms with Crippen LogP contribution in [0.1, 0.15) is 22.8 Å². The van der Waals surface area contributed by atoms with Gasteiger partial charge in [0, 0.05) is 6.54 Å². The highest BCUT2D eigenvalue weighted by Crippen LogP contribution is 2.32. The van der Waals surface area contributed by atoms with Gasteiger partial charge in [-0.25, -0.2) is 4.39 Å². The molecule has 1 aromatic carbocycles. The number of carbonyl (C=O) groups is 1. The quantitative estimate of drug-likeness (QED) is 0.784. The average molecular weight is 235 g/mol. The lowest BCUT2D eigenvalue weighted by Crippen LogP contribution is -2.25.